The van der Waals surface area contributed by atoms with Crippen LogP contribution in [0.1, 0.15) is 24.8 Å². The van der Waals surface area contributed by atoms with Crippen molar-refractivity contribution in [1.82, 2.24) is 10.2 Å². The lowest BCUT2D eigenvalue weighted by molar-refractivity contribution is -0.137. The van der Waals surface area contributed by atoms with Crippen LogP contribution in [-0.2, 0) is 14.4 Å². The van der Waals surface area contributed by atoms with Crippen molar-refractivity contribution < 1.29 is 29.7 Å². The Morgan fingerprint density at radius 3 is 2.67 bits per heavy atom. The molecule has 0 radical (unpaired) electrons. The lowest BCUT2D eigenvalue weighted by atomic mass is 10.1. The highest BCUT2D eigenvalue weighted by Crippen LogP contribution is 2.34. The third-order valence-corrected chi connectivity index (χ3v) is 5.00. The Balaban J connectivity index is 1.89. The summed E-state index contributed by atoms with van der Waals surface area (Å²) >= 11 is 6.30. The van der Waals surface area contributed by atoms with E-state index in [1.54, 1.807) is 0 Å². The summed E-state index contributed by atoms with van der Waals surface area (Å²) in [6, 6.07) is 4.06. The predicted octanol–water partition coefficient (Wildman–Crippen LogP) is 1.67. The normalized spacial score (nSPS) is 15.4. The summed E-state index contributed by atoms with van der Waals surface area (Å²) in [4.78, 5) is 36.2. The zero-order valence-corrected chi connectivity index (χ0v) is 15.8. The molecule has 1 saturated heterocycles. The number of benzene rings is 1. The van der Waals surface area contributed by atoms with Crippen molar-refractivity contribution in [2.75, 3.05) is 13.1 Å². The largest absolute Gasteiger partial charge is 0.508 e. The molecule has 0 atom stereocenters. The van der Waals surface area contributed by atoms with Gasteiger partial charge in [-0.25, -0.2) is 0 Å². The van der Waals surface area contributed by atoms with E-state index in [0.717, 1.165) is 11.8 Å². The van der Waals surface area contributed by atoms with Gasteiger partial charge in [-0.3, -0.25) is 19.3 Å². The maximum Gasteiger partial charge on any atom is 0.305 e. The fourth-order valence-corrected chi connectivity index (χ4v) is 3.58. The van der Waals surface area contributed by atoms with Gasteiger partial charge in [-0.2, -0.15) is 0 Å². The second-order valence-electron chi connectivity index (χ2n) is 5.67. The minimum atomic E-state index is -0.987. The third kappa shape index (κ3) is 5.97. The number of amides is 2. The quantitative estimate of drug-likeness (QED) is 0.376. The maximum absolute atomic E-state index is 12.5. The zero-order chi connectivity index (χ0) is 20.0. The fraction of sp³-hybridized carbons (Fsp3) is 0.294. The van der Waals surface area contributed by atoms with Gasteiger partial charge in [0.1, 0.15) is 15.8 Å². The number of aliphatic carboxylic acids is 1. The summed E-state index contributed by atoms with van der Waals surface area (Å²) in [5.41, 5.74) is 0.381. The second-order valence-corrected chi connectivity index (χ2v) is 7.35. The molecule has 4 N–H and O–H groups in total. The molecule has 0 saturated carbocycles. The number of hydrogen-bond donors (Lipinski definition) is 4. The molecule has 8 nitrogen and oxygen atoms in total. The Hall–Kier alpha value is -2.59. The molecule has 1 aliphatic heterocycles. The SMILES string of the molecule is O=C(O)CCNC(=O)CCCN1C(=O)/C(=C/c2ccc(O)cc2O)SC1=S. The first kappa shape index (κ1) is 20.7. The van der Waals surface area contributed by atoms with Crippen LogP contribution in [0.2, 0.25) is 0 Å². The molecule has 2 rings (SSSR count). The standard InChI is InChI=1S/C17H18N2O6S2/c20-11-4-3-10(12(21)9-11)8-13-16(25)19(17(26)27-13)7-1-2-14(22)18-6-5-15(23)24/h3-4,8-9,20-21H,1-2,5-7H2,(H,18,22)(H,23,24)/b13-8-. The van der Waals surface area contributed by atoms with Crippen molar-refractivity contribution >= 4 is 52.2 Å². The number of carboxylic acids is 1. The summed E-state index contributed by atoms with van der Waals surface area (Å²) in [6.45, 7) is 0.323. The molecule has 144 valence electrons. The van der Waals surface area contributed by atoms with E-state index in [1.165, 1.54) is 29.2 Å². The first-order valence-electron chi connectivity index (χ1n) is 8.04. The number of thiocarbonyl (C=S) groups is 1. The number of nitrogens with one attached hydrogen (secondary N) is 1. The molecule has 1 fully saturated rings. The number of carboxylic acid groups (broad SMARTS) is 1. The first-order chi connectivity index (χ1) is 12.8. The van der Waals surface area contributed by atoms with Crippen LogP contribution < -0.4 is 5.32 Å². The maximum atomic E-state index is 12.5. The zero-order valence-electron chi connectivity index (χ0n) is 14.2. The van der Waals surface area contributed by atoms with Crippen LogP contribution in [0, 0.1) is 0 Å². The van der Waals surface area contributed by atoms with Crippen molar-refractivity contribution in [2.45, 2.75) is 19.3 Å². The highest BCUT2D eigenvalue weighted by molar-refractivity contribution is 8.26. The van der Waals surface area contributed by atoms with E-state index in [9.17, 15) is 24.6 Å². The van der Waals surface area contributed by atoms with Gasteiger partial charge in [0.25, 0.3) is 5.91 Å². The lowest BCUT2D eigenvalue weighted by Crippen LogP contribution is -2.31. The molecule has 0 bridgehead atoms. The van der Waals surface area contributed by atoms with E-state index in [0.29, 0.717) is 21.2 Å². The van der Waals surface area contributed by atoms with E-state index in [4.69, 9.17) is 17.3 Å². The summed E-state index contributed by atoms with van der Waals surface area (Å²) in [5.74, 6) is -1.83. The van der Waals surface area contributed by atoms with Crippen LogP contribution in [0.15, 0.2) is 23.1 Å². The molecule has 0 spiro atoms. The van der Waals surface area contributed by atoms with Gasteiger partial charge in [-0.05, 0) is 24.6 Å². The fourth-order valence-electron chi connectivity index (χ4n) is 2.28. The minimum Gasteiger partial charge on any atom is -0.508 e. The van der Waals surface area contributed by atoms with E-state index < -0.39 is 5.97 Å². The van der Waals surface area contributed by atoms with Gasteiger partial charge >= 0.3 is 5.97 Å². The monoisotopic (exact) mass is 410 g/mol. The van der Waals surface area contributed by atoms with Gasteiger partial charge in [-0.1, -0.05) is 24.0 Å². The van der Waals surface area contributed by atoms with Crippen LogP contribution in [-0.4, -0.2) is 55.4 Å². The molecular weight excluding hydrogens is 392 g/mol. The molecule has 27 heavy (non-hydrogen) atoms. The third-order valence-electron chi connectivity index (χ3n) is 3.62. The molecular formula is C17H18N2O6S2. The van der Waals surface area contributed by atoms with E-state index in [2.05, 4.69) is 5.32 Å². The predicted molar refractivity (Wildman–Crippen MR) is 104 cm³/mol. The number of carbonyl (C=O) groups is 3. The summed E-state index contributed by atoms with van der Waals surface area (Å²) in [7, 11) is 0. The number of rotatable bonds is 8. The average molecular weight is 410 g/mol. The number of hydrogen-bond acceptors (Lipinski definition) is 7. The molecule has 1 aromatic rings. The molecule has 2 amide bonds. The molecule has 0 aromatic heterocycles. The Morgan fingerprint density at radius 1 is 1.26 bits per heavy atom. The van der Waals surface area contributed by atoms with Crippen LogP contribution in [0.5, 0.6) is 11.5 Å². The van der Waals surface area contributed by atoms with Gasteiger partial charge < -0.3 is 20.6 Å². The number of aromatic hydroxyl groups is 2. The van der Waals surface area contributed by atoms with Crippen LogP contribution in [0.3, 0.4) is 0 Å². The van der Waals surface area contributed by atoms with E-state index >= 15 is 0 Å². The van der Waals surface area contributed by atoms with Gasteiger partial charge in [0.2, 0.25) is 5.91 Å². The van der Waals surface area contributed by atoms with Crippen molar-refractivity contribution in [2.24, 2.45) is 0 Å². The molecule has 1 aromatic carbocycles. The molecule has 10 heteroatoms. The Morgan fingerprint density at radius 2 is 2.00 bits per heavy atom. The topological polar surface area (TPSA) is 127 Å². The molecule has 0 unspecified atom stereocenters. The lowest BCUT2D eigenvalue weighted by Gasteiger charge is -2.14. The molecule has 1 aliphatic rings. The number of phenols is 2. The van der Waals surface area contributed by atoms with Crippen molar-refractivity contribution in [3.8, 4) is 11.5 Å². The molecule has 0 aliphatic carbocycles. The summed E-state index contributed by atoms with van der Waals surface area (Å²) < 4.78 is 0.357. The van der Waals surface area contributed by atoms with Crippen molar-refractivity contribution in [1.29, 1.82) is 0 Å². The van der Waals surface area contributed by atoms with Crippen molar-refractivity contribution in [3.05, 3.63) is 28.7 Å². The van der Waals surface area contributed by atoms with Crippen LogP contribution >= 0.6 is 24.0 Å². The van der Waals surface area contributed by atoms with Crippen molar-refractivity contribution in [3.63, 3.8) is 0 Å². The Bertz CT molecular complexity index is 809. The number of nitrogens with zero attached hydrogens (tertiary/aromatic N) is 1. The molecule has 1 heterocycles. The van der Waals surface area contributed by atoms with Gasteiger partial charge in [0.15, 0.2) is 0 Å². The smallest absolute Gasteiger partial charge is 0.305 e. The highest BCUT2D eigenvalue weighted by atomic mass is 32.2. The second kappa shape index (κ2) is 9.38. The first-order valence-corrected chi connectivity index (χ1v) is 9.26. The number of carbonyl (C=O) groups excluding carboxylic acids is 2. The van der Waals surface area contributed by atoms with E-state index in [-0.39, 0.29) is 49.2 Å². The van der Waals surface area contributed by atoms with Gasteiger partial charge in [-0.15, -0.1) is 0 Å². The number of thioether (sulfide) groups is 1. The summed E-state index contributed by atoms with van der Waals surface area (Å²) in [6.07, 6.45) is 1.87. The minimum absolute atomic E-state index is 0.0636. The van der Waals surface area contributed by atoms with E-state index in [1.807, 2.05) is 0 Å². The Kier molecular flexibility index (Phi) is 7.19. The highest BCUT2D eigenvalue weighted by Gasteiger charge is 2.31. The number of phenolic OH excluding ortho intramolecular Hbond substituents is 2. The van der Waals surface area contributed by atoms with Gasteiger partial charge in [0, 0.05) is 31.1 Å². The van der Waals surface area contributed by atoms with Crippen LogP contribution in [0.25, 0.3) is 6.08 Å². The Labute approximate surface area is 164 Å². The van der Waals surface area contributed by atoms with Crippen LogP contribution in [0.4, 0.5) is 0 Å². The average Bonchev–Trinajstić information content (AvgIpc) is 2.84. The van der Waals surface area contributed by atoms with Gasteiger partial charge in [0.05, 0.1) is 11.3 Å². The summed E-state index contributed by atoms with van der Waals surface area (Å²) in [5, 5.41) is 30.2.